The number of carbonyl (C=O) groups excluding carboxylic acids is 1. The second kappa shape index (κ2) is 5.43. The summed E-state index contributed by atoms with van der Waals surface area (Å²) in [7, 11) is 0. The van der Waals surface area contributed by atoms with Crippen molar-refractivity contribution in [2.24, 2.45) is 5.92 Å². The quantitative estimate of drug-likeness (QED) is 0.847. The molecule has 0 radical (unpaired) electrons. The molecule has 1 aromatic heterocycles. The lowest BCUT2D eigenvalue weighted by Crippen LogP contribution is -2.25. The zero-order valence-electron chi connectivity index (χ0n) is 11.1. The van der Waals surface area contributed by atoms with E-state index in [1.807, 2.05) is 12.1 Å². The standard InChI is InChI=1S/C16H18O2S/c1-2-15-13(7-8-18-15)14(17)9-11-10-19-16-6-4-3-5-12(11)16/h3-6,10,13,15H,2,7-9H2,1H3. The lowest BCUT2D eigenvalue weighted by molar-refractivity contribution is -0.123. The number of thiophene rings is 1. The second-order valence-corrected chi connectivity index (χ2v) is 6.02. The molecular weight excluding hydrogens is 256 g/mol. The molecule has 100 valence electrons. The smallest absolute Gasteiger partial charge is 0.143 e. The molecule has 1 aromatic carbocycles. The lowest BCUT2D eigenvalue weighted by atomic mass is 9.91. The number of Topliss-reactive ketones (excluding diaryl/α,β-unsaturated/α-hetero) is 1. The van der Waals surface area contributed by atoms with Gasteiger partial charge in [-0.25, -0.2) is 0 Å². The van der Waals surface area contributed by atoms with Crippen molar-refractivity contribution in [2.75, 3.05) is 6.61 Å². The van der Waals surface area contributed by atoms with Crippen molar-refractivity contribution >= 4 is 27.2 Å². The molecule has 3 heteroatoms. The summed E-state index contributed by atoms with van der Waals surface area (Å²) in [6.07, 6.45) is 2.51. The highest BCUT2D eigenvalue weighted by molar-refractivity contribution is 7.17. The van der Waals surface area contributed by atoms with E-state index in [9.17, 15) is 4.79 Å². The average molecular weight is 274 g/mol. The van der Waals surface area contributed by atoms with Gasteiger partial charge in [-0.15, -0.1) is 11.3 Å². The number of carbonyl (C=O) groups is 1. The Morgan fingerprint density at radius 2 is 2.26 bits per heavy atom. The Bertz CT molecular complexity index is 587. The van der Waals surface area contributed by atoms with Crippen LogP contribution in [0.15, 0.2) is 29.6 Å². The molecule has 19 heavy (non-hydrogen) atoms. The second-order valence-electron chi connectivity index (χ2n) is 5.11. The summed E-state index contributed by atoms with van der Waals surface area (Å²) in [4.78, 5) is 12.5. The first kappa shape index (κ1) is 12.8. The van der Waals surface area contributed by atoms with Crippen LogP contribution in [0.5, 0.6) is 0 Å². The molecule has 2 atom stereocenters. The molecule has 0 bridgehead atoms. The molecule has 2 aromatic rings. The van der Waals surface area contributed by atoms with Crippen LogP contribution in [0.1, 0.15) is 25.3 Å². The summed E-state index contributed by atoms with van der Waals surface area (Å²) in [5, 5.41) is 3.35. The van der Waals surface area contributed by atoms with E-state index in [0.29, 0.717) is 12.2 Å². The molecule has 1 aliphatic rings. The molecule has 0 amide bonds. The van der Waals surface area contributed by atoms with Crippen LogP contribution >= 0.6 is 11.3 Å². The Kier molecular flexibility index (Phi) is 3.67. The van der Waals surface area contributed by atoms with Crippen molar-refractivity contribution < 1.29 is 9.53 Å². The first-order chi connectivity index (χ1) is 9.29. The average Bonchev–Trinajstić information content (AvgIpc) is 3.05. The van der Waals surface area contributed by atoms with Gasteiger partial charge in [-0.3, -0.25) is 4.79 Å². The monoisotopic (exact) mass is 274 g/mol. The Morgan fingerprint density at radius 1 is 1.42 bits per heavy atom. The summed E-state index contributed by atoms with van der Waals surface area (Å²) < 4.78 is 6.89. The number of fused-ring (bicyclic) bond motifs is 1. The number of benzene rings is 1. The van der Waals surface area contributed by atoms with Gasteiger partial charge in [0.2, 0.25) is 0 Å². The van der Waals surface area contributed by atoms with Crippen molar-refractivity contribution in [3.8, 4) is 0 Å². The van der Waals surface area contributed by atoms with Crippen LogP contribution in [0, 0.1) is 5.92 Å². The molecule has 0 N–H and O–H groups in total. The highest BCUT2D eigenvalue weighted by Gasteiger charge is 2.32. The van der Waals surface area contributed by atoms with Crippen LogP contribution in [-0.2, 0) is 16.0 Å². The third kappa shape index (κ3) is 2.45. The van der Waals surface area contributed by atoms with Gasteiger partial charge in [-0.1, -0.05) is 25.1 Å². The Balaban J connectivity index is 1.79. The Labute approximate surface area is 117 Å². The highest BCUT2D eigenvalue weighted by Crippen LogP contribution is 2.29. The van der Waals surface area contributed by atoms with E-state index in [1.54, 1.807) is 11.3 Å². The summed E-state index contributed by atoms with van der Waals surface area (Å²) in [5.41, 5.74) is 1.17. The van der Waals surface area contributed by atoms with Gasteiger partial charge in [0.1, 0.15) is 5.78 Å². The topological polar surface area (TPSA) is 26.3 Å². The number of hydrogen-bond acceptors (Lipinski definition) is 3. The van der Waals surface area contributed by atoms with Gasteiger partial charge >= 0.3 is 0 Å². The van der Waals surface area contributed by atoms with Crippen molar-refractivity contribution in [3.63, 3.8) is 0 Å². The molecule has 0 aliphatic carbocycles. The maximum absolute atomic E-state index is 12.5. The van der Waals surface area contributed by atoms with E-state index in [4.69, 9.17) is 4.74 Å². The maximum Gasteiger partial charge on any atom is 0.143 e. The summed E-state index contributed by atoms with van der Waals surface area (Å²) >= 11 is 1.72. The Morgan fingerprint density at radius 3 is 3.11 bits per heavy atom. The van der Waals surface area contributed by atoms with Crippen LogP contribution in [0.3, 0.4) is 0 Å². The third-order valence-electron chi connectivity index (χ3n) is 3.95. The van der Waals surface area contributed by atoms with Crippen molar-refractivity contribution in [2.45, 2.75) is 32.3 Å². The molecule has 1 fully saturated rings. The number of hydrogen-bond donors (Lipinski definition) is 0. The van der Waals surface area contributed by atoms with Gasteiger partial charge in [0.25, 0.3) is 0 Å². The zero-order valence-corrected chi connectivity index (χ0v) is 11.9. The minimum atomic E-state index is 0.101. The van der Waals surface area contributed by atoms with E-state index in [-0.39, 0.29) is 12.0 Å². The predicted molar refractivity (Wildman–Crippen MR) is 78.7 cm³/mol. The van der Waals surface area contributed by atoms with Gasteiger partial charge in [0.15, 0.2) is 0 Å². The third-order valence-corrected chi connectivity index (χ3v) is 4.96. The number of rotatable bonds is 4. The molecule has 0 saturated carbocycles. The SMILES string of the molecule is CCC1OCCC1C(=O)Cc1csc2ccccc12. The fourth-order valence-corrected chi connectivity index (χ4v) is 3.87. The molecule has 2 unspecified atom stereocenters. The highest BCUT2D eigenvalue weighted by atomic mass is 32.1. The van der Waals surface area contributed by atoms with E-state index in [2.05, 4.69) is 24.4 Å². The fourth-order valence-electron chi connectivity index (χ4n) is 2.91. The van der Waals surface area contributed by atoms with Crippen LogP contribution < -0.4 is 0 Å². The van der Waals surface area contributed by atoms with E-state index in [1.165, 1.54) is 15.6 Å². The Hall–Kier alpha value is -1.19. The van der Waals surface area contributed by atoms with Gasteiger partial charge in [-0.05, 0) is 35.2 Å². The lowest BCUT2D eigenvalue weighted by Gasteiger charge is -2.15. The summed E-state index contributed by atoms with van der Waals surface area (Å²) in [6, 6.07) is 8.30. The molecule has 1 saturated heterocycles. The van der Waals surface area contributed by atoms with Crippen molar-refractivity contribution in [3.05, 3.63) is 35.2 Å². The largest absolute Gasteiger partial charge is 0.377 e. The van der Waals surface area contributed by atoms with E-state index < -0.39 is 0 Å². The fraction of sp³-hybridized carbons (Fsp3) is 0.438. The van der Waals surface area contributed by atoms with Gasteiger partial charge < -0.3 is 4.74 Å². The van der Waals surface area contributed by atoms with Gasteiger partial charge in [-0.2, -0.15) is 0 Å². The van der Waals surface area contributed by atoms with Crippen LogP contribution in [0.2, 0.25) is 0 Å². The van der Waals surface area contributed by atoms with Crippen LogP contribution in [0.4, 0.5) is 0 Å². The first-order valence-electron chi connectivity index (χ1n) is 6.89. The number of ether oxygens (including phenoxy) is 1. The van der Waals surface area contributed by atoms with E-state index in [0.717, 1.165) is 19.4 Å². The minimum absolute atomic E-state index is 0.101. The maximum atomic E-state index is 12.5. The first-order valence-corrected chi connectivity index (χ1v) is 7.77. The van der Waals surface area contributed by atoms with Gasteiger partial charge in [0.05, 0.1) is 6.10 Å². The molecule has 3 rings (SSSR count). The van der Waals surface area contributed by atoms with Crippen molar-refractivity contribution in [1.82, 2.24) is 0 Å². The molecule has 0 spiro atoms. The van der Waals surface area contributed by atoms with Crippen LogP contribution in [-0.4, -0.2) is 18.5 Å². The predicted octanol–water partition coefficient (Wildman–Crippen LogP) is 3.83. The molecule has 2 nitrogen and oxygen atoms in total. The molecular formula is C16H18O2S. The van der Waals surface area contributed by atoms with Crippen LogP contribution in [0.25, 0.3) is 10.1 Å². The molecule has 1 aliphatic heterocycles. The normalized spacial score (nSPS) is 23.0. The minimum Gasteiger partial charge on any atom is -0.377 e. The summed E-state index contributed by atoms with van der Waals surface area (Å²) in [5.74, 6) is 0.441. The zero-order chi connectivity index (χ0) is 13.2. The van der Waals surface area contributed by atoms with Gasteiger partial charge in [0, 0.05) is 23.6 Å². The van der Waals surface area contributed by atoms with E-state index >= 15 is 0 Å². The molecule has 2 heterocycles. The van der Waals surface area contributed by atoms with Crippen molar-refractivity contribution in [1.29, 1.82) is 0 Å². The number of ketones is 1. The summed E-state index contributed by atoms with van der Waals surface area (Å²) in [6.45, 7) is 2.83.